The van der Waals surface area contributed by atoms with E-state index in [-0.39, 0.29) is 5.78 Å². The van der Waals surface area contributed by atoms with Crippen molar-refractivity contribution in [1.29, 1.82) is 5.26 Å². The topological polar surface area (TPSA) is 71.6 Å². The first-order valence-corrected chi connectivity index (χ1v) is 7.13. The van der Waals surface area contributed by atoms with Gasteiger partial charge in [-0.25, -0.2) is 9.67 Å². The number of Topliss-reactive ketones (excluding diaryl/α,β-unsaturated/α-hetero) is 1. The second-order valence-electron chi connectivity index (χ2n) is 6.84. The van der Waals surface area contributed by atoms with Crippen LogP contribution >= 0.6 is 0 Å². The van der Waals surface area contributed by atoms with E-state index in [4.69, 9.17) is 0 Å². The lowest BCUT2D eigenvalue weighted by molar-refractivity contribution is -0.130. The number of ketones is 1. The molecule has 5 heteroatoms. The lowest BCUT2D eigenvalue weighted by Crippen LogP contribution is -2.34. The summed E-state index contributed by atoms with van der Waals surface area (Å²) in [5.41, 5.74) is -1.33. The van der Waals surface area contributed by atoms with Crippen LogP contribution in [0.5, 0.6) is 0 Å². The summed E-state index contributed by atoms with van der Waals surface area (Å²) in [7, 11) is 0. The molecule has 1 aliphatic carbocycles. The molecule has 5 nitrogen and oxygen atoms in total. The summed E-state index contributed by atoms with van der Waals surface area (Å²) in [6, 6.07) is 2.27. The predicted octanol–water partition coefficient (Wildman–Crippen LogP) is 2.38. The van der Waals surface area contributed by atoms with Crippen molar-refractivity contribution in [1.82, 2.24) is 14.8 Å². The van der Waals surface area contributed by atoms with Gasteiger partial charge in [-0.2, -0.15) is 10.4 Å². The van der Waals surface area contributed by atoms with Crippen molar-refractivity contribution in [2.24, 2.45) is 16.7 Å². The molecular weight excluding hydrogens is 252 g/mol. The Kier molecular flexibility index (Phi) is 3.68. The zero-order valence-corrected chi connectivity index (χ0v) is 12.7. The lowest BCUT2D eigenvalue weighted by atomic mass is 9.78. The van der Waals surface area contributed by atoms with E-state index in [9.17, 15) is 10.1 Å². The van der Waals surface area contributed by atoms with E-state index in [0.717, 1.165) is 18.8 Å². The molecule has 0 saturated heterocycles. The molecule has 1 aromatic heterocycles. The quantitative estimate of drug-likeness (QED) is 0.845. The Bertz CT molecular complexity index is 552. The van der Waals surface area contributed by atoms with Crippen LogP contribution in [0, 0.1) is 28.1 Å². The third kappa shape index (κ3) is 2.47. The molecule has 0 aromatic carbocycles. The van der Waals surface area contributed by atoms with Crippen LogP contribution in [0.1, 0.15) is 46.4 Å². The van der Waals surface area contributed by atoms with Gasteiger partial charge in [0.2, 0.25) is 0 Å². The second kappa shape index (κ2) is 5.01. The van der Waals surface area contributed by atoms with Gasteiger partial charge in [0.25, 0.3) is 0 Å². The smallest absolute Gasteiger partial charge is 0.159 e. The van der Waals surface area contributed by atoms with E-state index >= 15 is 0 Å². The number of nitriles is 1. The van der Waals surface area contributed by atoms with Crippen LogP contribution in [-0.2, 0) is 17.8 Å². The van der Waals surface area contributed by atoms with Gasteiger partial charge in [-0.3, -0.25) is 4.79 Å². The van der Waals surface area contributed by atoms with Crippen molar-refractivity contribution in [3.63, 3.8) is 0 Å². The summed E-state index contributed by atoms with van der Waals surface area (Å²) in [6.07, 6.45) is 3.26. The van der Waals surface area contributed by atoms with Crippen molar-refractivity contribution in [2.75, 3.05) is 0 Å². The number of carbonyl (C=O) groups excluding carboxylic acids is 1. The maximum absolute atomic E-state index is 12.6. The molecule has 1 aliphatic rings. The van der Waals surface area contributed by atoms with Crippen molar-refractivity contribution >= 4 is 5.78 Å². The SMILES string of the molecule is CC(C)Cn1ncnc1CC1(C#N)CCC(C)(C)C1=O. The highest BCUT2D eigenvalue weighted by Gasteiger charge is 2.52. The Labute approximate surface area is 120 Å². The fraction of sp³-hybridized carbons (Fsp3) is 0.733. The van der Waals surface area contributed by atoms with Crippen LogP contribution < -0.4 is 0 Å². The molecule has 1 fully saturated rings. The number of nitrogens with zero attached hydrogens (tertiary/aromatic N) is 4. The van der Waals surface area contributed by atoms with Crippen LogP contribution in [0.25, 0.3) is 0 Å². The third-order valence-corrected chi connectivity index (χ3v) is 4.13. The average Bonchev–Trinajstić information content (AvgIpc) is 2.88. The number of hydrogen-bond donors (Lipinski definition) is 0. The van der Waals surface area contributed by atoms with Gasteiger partial charge in [-0.05, 0) is 18.8 Å². The first kappa shape index (κ1) is 14.7. The van der Waals surface area contributed by atoms with Gasteiger partial charge in [0.05, 0.1) is 6.07 Å². The largest absolute Gasteiger partial charge is 0.297 e. The molecule has 0 spiro atoms. The summed E-state index contributed by atoms with van der Waals surface area (Å²) in [5.74, 6) is 1.24. The van der Waals surface area contributed by atoms with Crippen molar-refractivity contribution in [3.8, 4) is 6.07 Å². The van der Waals surface area contributed by atoms with Gasteiger partial charge < -0.3 is 0 Å². The number of aromatic nitrogens is 3. The van der Waals surface area contributed by atoms with Crippen LogP contribution in [0.4, 0.5) is 0 Å². The first-order valence-electron chi connectivity index (χ1n) is 7.13. The van der Waals surface area contributed by atoms with E-state index in [2.05, 4.69) is 30.0 Å². The summed E-state index contributed by atoms with van der Waals surface area (Å²) in [5, 5.41) is 13.8. The number of carbonyl (C=O) groups is 1. The zero-order valence-electron chi connectivity index (χ0n) is 12.7. The molecule has 1 heterocycles. The molecule has 1 atom stereocenters. The minimum absolute atomic E-state index is 0.0478. The van der Waals surface area contributed by atoms with E-state index in [1.165, 1.54) is 6.33 Å². The maximum Gasteiger partial charge on any atom is 0.159 e. The summed E-state index contributed by atoms with van der Waals surface area (Å²) in [6.45, 7) is 8.82. The maximum atomic E-state index is 12.6. The van der Waals surface area contributed by atoms with Gasteiger partial charge in [-0.15, -0.1) is 0 Å². The Morgan fingerprint density at radius 1 is 1.45 bits per heavy atom. The molecular formula is C15H22N4O. The fourth-order valence-corrected chi connectivity index (χ4v) is 2.91. The molecule has 0 radical (unpaired) electrons. The van der Waals surface area contributed by atoms with E-state index in [0.29, 0.717) is 18.8 Å². The van der Waals surface area contributed by atoms with Crippen LogP contribution in [-0.4, -0.2) is 20.5 Å². The Hall–Kier alpha value is -1.70. The van der Waals surface area contributed by atoms with Crippen molar-refractivity contribution < 1.29 is 4.79 Å². The standard InChI is InChI=1S/C15H22N4O/c1-11(2)8-19-12(17-10-18-19)7-15(9-16)6-5-14(3,4)13(15)20/h10-11H,5-8H2,1-4H3. The van der Waals surface area contributed by atoms with E-state index < -0.39 is 10.8 Å². The molecule has 0 amide bonds. The molecule has 0 bridgehead atoms. The third-order valence-electron chi connectivity index (χ3n) is 4.13. The molecule has 0 aliphatic heterocycles. The van der Waals surface area contributed by atoms with E-state index in [1.807, 2.05) is 18.5 Å². The first-order chi connectivity index (χ1) is 9.31. The van der Waals surface area contributed by atoms with Gasteiger partial charge in [0.1, 0.15) is 17.6 Å². The van der Waals surface area contributed by atoms with Gasteiger partial charge >= 0.3 is 0 Å². The van der Waals surface area contributed by atoms with Crippen LogP contribution in [0.15, 0.2) is 6.33 Å². The molecule has 108 valence electrons. The summed E-state index contributed by atoms with van der Waals surface area (Å²) in [4.78, 5) is 16.8. The Balaban J connectivity index is 2.27. The Morgan fingerprint density at radius 2 is 2.15 bits per heavy atom. The van der Waals surface area contributed by atoms with E-state index in [1.54, 1.807) is 0 Å². The number of hydrogen-bond acceptors (Lipinski definition) is 4. The highest BCUT2D eigenvalue weighted by Crippen LogP contribution is 2.47. The predicted molar refractivity (Wildman–Crippen MR) is 74.6 cm³/mol. The molecule has 2 rings (SSSR count). The lowest BCUT2D eigenvalue weighted by Gasteiger charge is -2.22. The highest BCUT2D eigenvalue weighted by atomic mass is 16.1. The average molecular weight is 274 g/mol. The normalized spacial score (nSPS) is 25.1. The van der Waals surface area contributed by atoms with Crippen molar-refractivity contribution in [2.45, 2.75) is 53.5 Å². The Morgan fingerprint density at radius 3 is 2.65 bits per heavy atom. The molecule has 1 saturated carbocycles. The highest BCUT2D eigenvalue weighted by molar-refractivity contribution is 5.94. The molecule has 0 N–H and O–H groups in total. The molecule has 20 heavy (non-hydrogen) atoms. The summed E-state index contributed by atoms with van der Waals surface area (Å²) >= 11 is 0. The second-order valence-corrected chi connectivity index (χ2v) is 6.84. The zero-order chi connectivity index (χ0) is 15.0. The van der Waals surface area contributed by atoms with Gasteiger partial charge in [-0.1, -0.05) is 27.7 Å². The van der Waals surface area contributed by atoms with Gasteiger partial charge in [0.15, 0.2) is 5.78 Å². The molecule has 1 unspecified atom stereocenters. The fourth-order valence-electron chi connectivity index (χ4n) is 2.91. The minimum atomic E-state index is -0.925. The van der Waals surface area contributed by atoms with Gasteiger partial charge in [0, 0.05) is 18.4 Å². The number of rotatable bonds is 4. The summed E-state index contributed by atoms with van der Waals surface area (Å²) < 4.78 is 1.82. The monoisotopic (exact) mass is 274 g/mol. The van der Waals surface area contributed by atoms with Crippen molar-refractivity contribution in [3.05, 3.63) is 12.2 Å². The molecule has 1 aromatic rings. The minimum Gasteiger partial charge on any atom is -0.297 e. The van der Waals surface area contributed by atoms with Crippen LogP contribution in [0.3, 0.4) is 0 Å². The van der Waals surface area contributed by atoms with Crippen LogP contribution in [0.2, 0.25) is 0 Å².